The molecule has 0 aliphatic carbocycles. The highest BCUT2D eigenvalue weighted by Gasteiger charge is 2.36. The number of anilines is 1. The van der Waals surface area contributed by atoms with Gasteiger partial charge in [-0.3, -0.25) is 9.59 Å². The van der Waals surface area contributed by atoms with Crippen LogP contribution in [0.3, 0.4) is 0 Å². The summed E-state index contributed by atoms with van der Waals surface area (Å²) < 4.78 is 11.1. The zero-order valence-electron chi connectivity index (χ0n) is 16.0. The number of nitrogens with zero attached hydrogens (tertiary/aromatic N) is 1. The van der Waals surface area contributed by atoms with E-state index in [0.717, 1.165) is 10.6 Å². The van der Waals surface area contributed by atoms with Crippen molar-refractivity contribution in [2.75, 3.05) is 24.7 Å². The number of benzene rings is 1. The molecule has 2 atom stereocenters. The monoisotopic (exact) mass is 400 g/mol. The van der Waals surface area contributed by atoms with Gasteiger partial charge in [0, 0.05) is 29.6 Å². The zero-order chi connectivity index (χ0) is 19.7. The Kier molecular flexibility index (Phi) is 5.26. The SMILES string of the molecule is CC(C)C(NC(=O)C1CC(=O)N(c2ccc3c(c2)OCCO3)C1)c1cccs1. The Morgan fingerprint density at radius 2 is 2.00 bits per heavy atom. The summed E-state index contributed by atoms with van der Waals surface area (Å²) in [6.07, 6.45) is 0.218. The number of rotatable bonds is 5. The maximum absolute atomic E-state index is 12.9. The van der Waals surface area contributed by atoms with Crippen molar-refractivity contribution in [3.8, 4) is 11.5 Å². The minimum atomic E-state index is -0.359. The van der Waals surface area contributed by atoms with E-state index in [-0.39, 0.29) is 36.1 Å². The second-order valence-corrected chi connectivity index (χ2v) is 8.46. The summed E-state index contributed by atoms with van der Waals surface area (Å²) in [5.41, 5.74) is 0.739. The molecule has 148 valence electrons. The number of thiophene rings is 1. The van der Waals surface area contributed by atoms with E-state index in [0.29, 0.717) is 31.3 Å². The summed E-state index contributed by atoms with van der Waals surface area (Å²) in [6, 6.07) is 9.46. The fourth-order valence-corrected chi connectivity index (χ4v) is 4.59. The van der Waals surface area contributed by atoms with Crippen molar-refractivity contribution in [3.05, 3.63) is 40.6 Å². The predicted octanol–water partition coefficient (Wildman–Crippen LogP) is 3.39. The minimum Gasteiger partial charge on any atom is -0.486 e. The van der Waals surface area contributed by atoms with Crippen LogP contribution in [0.4, 0.5) is 5.69 Å². The first kappa shape index (κ1) is 18.8. The number of fused-ring (bicyclic) bond motifs is 1. The average molecular weight is 401 g/mol. The van der Waals surface area contributed by atoms with Crippen LogP contribution in [0, 0.1) is 11.8 Å². The first-order valence-corrected chi connectivity index (χ1v) is 10.4. The Hall–Kier alpha value is -2.54. The molecule has 3 heterocycles. The Labute approximate surface area is 168 Å². The normalized spacial score (nSPS) is 19.8. The van der Waals surface area contributed by atoms with Crippen LogP contribution >= 0.6 is 11.3 Å². The topological polar surface area (TPSA) is 67.9 Å². The van der Waals surface area contributed by atoms with Gasteiger partial charge < -0.3 is 19.7 Å². The van der Waals surface area contributed by atoms with Gasteiger partial charge in [-0.15, -0.1) is 11.3 Å². The van der Waals surface area contributed by atoms with Gasteiger partial charge in [-0.2, -0.15) is 0 Å². The van der Waals surface area contributed by atoms with Gasteiger partial charge in [0.2, 0.25) is 11.8 Å². The van der Waals surface area contributed by atoms with E-state index in [1.165, 1.54) is 0 Å². The highest BCUT2D eigenvalue weighted by molar-refractivity contribution is 7.10. The fraction of sp³-hybridized carbons (Fsp3) is 0.429. The molecule has 2 aromatic rings. The number of nitrogens with one attached hydrogen (secondary N) is 1. The second-order valence-electron chi connectivity index (χ2n) is 7.48. The molecule has 0 saturated carbocycles. The van der Waals surface area contributed by atoms with E-state index in [9.17, 15) is 9.59 Å². The molecule has 1 saturated heterocycles. The molecule has 2 unspecified atom stereocenters. The number of ether oxygens (including phenoxy) is 2. The van der Waals surface area contributed by atoms with Crippen molar-refractivity contribution in [2.45, 2.75) is 26.3 Å². The van der Waals surface area contributed by atoms with Gasteiger partial charge in [0.05, 0.1) is 12.0 Å². The van der Waals surface area contributed by atoms with Gasteiger partial charge in [0.15, 0.2) is 11.5 Å². The lowest BCUT2D eigenvalue weighted by Crippen LogP contribution is -2.37. The number of carbonyl (C=O) groups excluding carboxylic acids is 2. The third-order valence-corrected chi connectivity index (χ3v) is 6.10. The molecule has 7 heteroatoms. The highest BCUT2D eigenvalue weighted by Crippen LogP contribution is 2.36. The number of amides is 2. The van der Waals surface area contributed by atoms with Crippen LogP contribution in [0.1, 0.15) is 31.2 Å². The van der Waals surface area contributed by atoms with E-state index in [1.54, 1.807) is 16.2 Å². The van der Waals surface area contributed by atoms with Crippen molar-refractivity contribution in [2.24, 2.45) is 11.8 Å². The molecular formula is C21H24N2O4S. The molecule has 0 bridgehead atoms. The largest absolute Gasteiger partial charge is 0.486 e. The van der Waals surface area contributed by atoms with Gasteiger partial charge in [0.25, 0.3) is 0 Å². The molecule has 0 spiro atoms. The lowest BCUT2D eigenvalue weighted by molar-refractivity contribution is -0.127. The van der Waals surface area contributed by atoms with Crippen molar-refractivity contribution < 1.29 is 19.1 Å². The number of hydrogen-bond acceptors (Lipinski definition) is 5. The molecule has 2 aliphatic rings. The highest BCUT2D eigenvalue weighted by atomic mass is 32.1. The Morgan fingerprint density at radius 1 is 1.21 bits per heavy atom. The molecule has 1 fully saturated rings. The van der Waals surface area contributed by atoms with E-state index < -0.39 is 0 Å². The zero-order valence-corrected chi connectivity index (χ0v) is 16.8. The van der Waals surface area contributed by atoms with Crippen LogP contribution in [0.25, 0.3) is 0 Å². The molecule has 1 aromatic heterocycles. The van der Waals surface area contributed by atoms with Crippen molar-refractivity contribution in [1.82, 2.24) is 5.32 Å². The molecule has 2 aliphatic heterocycles. The van der Waals surface area contributed by atoms with Crippen LogP contribution in [0.15, 0.2) is 35.7 Å². The van der Waals surface area contributed by atoms with Crippen LogP contribution in [0.2, 0.25) is 0 Å². The molecule has 0 radical (unpaired) electrons. The molecular weight excluding hydrogens is 376 g/mol. The van der Waals surface area contributed by atoms with Crippen molar-refractivity contribution in [3.63, 3.8) is 0 Å². The van der Waals surface area contributed by atoms with Gasteiger partial charge in [0.1, 0.15) is 13.2 Å². The standard InChI is InChI=1S/C21H24N2O4S/c1-13(2)20(18-4-3-9-28-18)22-21(25)14-10-19(24)23(12-14)15-5-6-16-17(11-15)27-8-7-26-16/h3-6,9,11,13-14,20H,7-8,10,12H2,1-2H3,(H,22,25). The third-order valence-electron chi connectivity index (χ3n) is 5.15. The summed E-state index contributed by atoms with van der Waals surface area (Å²) in [7, 11) is 0. The van der Waals surface area contributed by atoms with Gasteiger partial charge in [-0.1, -0.05) is 19.9 Å². The maximum atomic E-state index is 12.9. The van der Waals surface area contributed by atoms with E-state index in [2.05, 4.69) is 19.2 Å². The Bertz CT molecular complexity index is 865. The molecule has 2 amide bonds. The number of carbonyl (C=O) groups is 2. The molecule has 1 N–H and O–H groups in total. The Morgan fingerprint density at radius 3 is 2.71 bits per heavy atom. The summed E-state index contributed by atoms with van der Waals surface area (Å²) in [4.78, 5) is 28.3. The second kappa shape index (κ2) is 7.83. The van der Waals surface area contributed by atoms with E-state index >= 15 is 0 Å². The first-order valence-electron chi connectivity index (χ1n) is 9.56. The quantitative estimate of drug-likeness (QED) is 0.835. The summed E-state index contributed by atoms with van der Waals surface area (Å²) in [5.74, 6) is 1.12. The number of hydrogen-bond donors (Lipinski definition) is 1. The smallest absolute Gasteiger partial charge is 0.227 e. The maximum Gasteiger partial charge on any atom is 0.227 e. The summed E-state index contributed by atoms with van der Waals surface area (Å²) in [6.45, 7) is 5.57. The Balaban J connectivity index is 1.46. The molecule has 1 aromatic carbocycles. The minimum absolute atomic E-state index is 0.0362. The molecule has 4 rings (SSSR count). The molecule has 6 nitrogen and oxygen atoms in total. The van der Waals surface area contributed by atoms with Crippen LogP contribution in [-0.4, -0.2) is 31.6 Å². The van der Waals surface area contributed by atoms with Crippen LogP contribution < -0.4 is 19.7 Å². The van der Waals surface area contributed by atoms with Crippen LogP contribution in [-0.2, 0) is 9.59 Å². The predicted molar refractivity (Wildman–Crippen MR) is 108 cm³/mol. The first-order chi connectivity index (χ1) is 13.5. The lowest BCUT2D eigenvalue weighted by atomic mass is 10.0. The molecule has 28 heavy (non-hydrogen) atoms. The van der Waals surface area contributed by atoms with Crippen molar-refractivity contribution >= 4 is 28.8 Å². The van der Waals surface area contributed by atoms with Crippen molar-refractivity contribution in [1.29, 1.82) is 0 Å². The van der Waals surface area contributed by atoms with E-state index in [4.69, 9.17) is 9.47 Å². The lowest BCUT2D eigenvalue weighted by Gasteiger charge is -2.24. The van der Waals surface area contributed by atoms with E-state index in [1.807, 2.05) is 35.7 Å². The summed E-state index contributed by atoms with van der Waals surface area (Å²) in [5, 5.41) is 5.16. The van der Waals surface area contributed by atoms with Gasteiger partial charge in [-0.25, -0.2) is 0 Å². The average Bonchev–Trinajstić information content (AvgIpc) is 3.35. The van der Waals surface area contributed by atoms with Gasteiger partial charge in [-0.05, 0) is 29.5 Å². The summed E-state index contributed by atoms with van der Waals surface area (Å²) >= 11 is 1.64. The van der Waals surface area contributed by atoms with Crippen LogP contribution in [0.5, 0.6) is 11.5 Å². The third kappa shape index (κ3) is 3.71. The van der Waals surface area contributed by atoms with Gasteiger partial charge >= 0.3 is 0 Å². The fourth-order valence-electron chi connectivity index (χ4n) is 3.64.